The van der Waals surface area contributed by atoms with Crippen LogP contribution in [0.3, 0.4) is 0 Å². The monoisotopic (exact) mass is 410 g/mol. The van der Waals surface area contributed by atoms with E-state index in [1.165, 1.54) is 0 Å². The molecule has 3 aromatic heterocycles. The van der Waals surface area contributed by atoms with Gasteiger partial charge in [0.1, 0.15) is 5.82 Å². The van der Waals surface area contributed by atoms with Crippen LogP contribution in [0.1, 0.15) is 5.89 Å². The first kappa shape index (κ1) is 19.2. The molecule has 0 bridgehead atoms. The van der Waals surface area contributed by atoms with E-state index in [1.807, 2.05) is 6.07 Å². The molecule has 0 aliphatic carbocycles. The molecule has 0 radical (unpaired) electrons. The third-order valence-corrected chi connectivity index (χ3v) is 5.59. The predicted octanol–water partition coefficient (Wildman–Crippen LogP) is 0.846. The van der Waals surface area contributed by atoms with Crippen LogP contribution >= 0.6 is 0 Å². The summed E-state index contributed by atoms with van der Waals surface area (Å²) in [4.78, 5) is 25.2. The number of oxazole rings is 1. The van der Waals surface area contributed by atoms with Gasteiger partial charge >= 0.3 is 0 Å². The van der Waals surface area contributed by atoms with Crippen LogP contribution in [0.25, 0.3) is 22.6 Å². The van der Waals surface area contributed by atoms with E-state index in [-0.39, 0.29) is 0 Å². The maximum Gasteiger partial charge on any atom is 0.216 e. The molecule has 2 saturated heterocycles. The lowest BCUT2D eigenvalue weighted by molar-refractivity contribution is 0.122. The van der Waals surface area contributed by atoms with Crippen molar-refractivity contribution < 1.29 is 9.15 Å². The van der Waals surface area contributed by atoms with Gasteiger partial charge in [-0.25, -0.2) is 15.0 Å². The molecular formula is C20H26N8O2. The second kappa shape index (κ2) is 8.13. The molecule has 0 atom stereocenters. The predicted molar refractivity (Wildman–Crippen MR) is 113 cm³/mol. The smallest absolute Gasteiger partial charge is 0.216 e. The van der Waals surface area contributed by atoms with E-state index in [0.29, 0.717) is 48.5 Å². The lowest BCUT2D eigenvalue weighted by Gasteiger charge is -2.31. The average molecular weight is 410 g/mol. The molecule has 5 heterocycles. The first-order valence-electron chi connectivity index (χ1n) is 10.3. The number of pyridine rings is 1. The largest absolute Gasteiger partial charge is 0.434 e. The molecule has 158 valence electrons. The van der Waals surface area contributed by atoms with Gasteiger partial charge in [-0.3, -0.25) is 4.90 Å². The van der Waals surface area contributed by atoms with Crippen LogP contribution in [-0.4, -0.2) is 89.3 Å². The van der Waals surface area contributed by atoms with Crippen molar-refractivity contribution in [3.63, 3.8) is 0 Å². The van der Waals surface area contributed by atoms with Crippen LogP contribution in [0.15, 0.2) is 22.7 Å². The number of nitrogens with two attached hydrogens (primary N) is 1. The Morgan fingerprint density at radius 3 is 2.53 bits per heavy atom. The minimum Gasteiger partial charge on any atom is -0.434 e. The number of fused-ring (bicyclic) bond motifs is 1. The fourth-order valence-corrected chi connectivity index (χ4v) is 3.77. The fourth-order valence-electron chi connectivity index (χ4n) is 3.77. The fraction of sp³-hybridized carbons (Fsp3) is 0.500. The van der Waals surface area contributed by atoms with Gasteiger partial charge in [-0.15, -0.1) is 0 Å². The summed E-state index contributed by atoms with van der Waals surface area (Å²) in [6.45, 7) is 7.59. The number of rotatable bonds is 4. The summed E-state index contributed by atoms with van der Waals surface area (Å²) in [5.74, 6) is 2.46. The molecular weight excluding hydrogens is 384 g/mol. The maximum absolute atomic E-state index is 6.18. The van der Waals surface area contributed by atoms with Gasteiger partial charge in [0.25, 0.3) is 0 Å². The van der Waals surface area contributed by atoms with Gasteiger partial charge in [0.15, 0.2) is 11.6 Å². The summed E-state index contributed by atoms with van der Waals surface area (Å²) >= 11 is 0. The Balaban J connectivity index is 1.51. The van der Waals surface area contributed by atoms with Gasteiger partial charge < -0.3 is 24.7 Å². The van der Waals surface area contributed by atoms with Gasteiger partial charge in [0, 0.05) is 51.0 Å². The Morgan fingerprint density at radius 1 is 1.00 bits per heavy atom. The second-order valence-corrected chi connectivity index (χ2v) is 7.78. The Labute approximate surface area is 174 Å². The molecule has 2 fully saturated rings. The van der Waals surface area contributed by atoms with E-state index in [1.54, 1.807) is 12.3 Å². The van der Waals surface area contributed by atoms with Gasteiger partial charge in [-0.1, -0.05) is 0 Å². The zero-order chi connectivity index (χ0) is 20.5. The minimum atomic E-state index is 0.462. The number of hydrogen-bond donors (Lipinski definition) is 1. The number of nitrogens with zero attached hydrogens (tertiary/aromatic N) is 7. The molecule has 0 saturated carbocycles. The summed E-state index contributed by atoms with van der Waals surface area (Å²) in [7, 11) is 2.15. The van der Waals surface area contributed by atoms with E-state index in [4.69, 9.17) is 24.9 Å². The molecule has 0 aromatic carbocycles. The highest BCUT2D eigenvalue weighted by Gasteiger charge is 2.24. The Morgan fingerprint density at radius 2 is 1.80 bits per heavy atom. The second-order valence-electron chi connectivity index (χ2n) is 7.78. The number of ether oxygens (including phenoxy) is 1. The molecule has 2 N–H and O–H groups in total. The van der Waals surface area contributed by atoms with Crippen LogP contribution in [0.4, 0.5) is 11.6 Å². The molecule has 3 aromatic rings. The Kier molecular flexibility index (Phi) is 5.19. The van der Waals surface area contributed by atoms with E-state index in [9.17, 15) is 0 Å². The third-order valence-electron chi connectivity index (χ3n) is 5.59. The number of anilines is 2. The van der Waals surface area contributed by atoms with E-state index >= 15 is 0 Å². The normalized spacial score (nSPS) is 18.9. The minimum absolute atomic E-state index is 0.462. The third kappa shape index (κ3) is 3.93. The lowest BCUT2D eigenvalue weighted by atomic mass is 10.2. The molecule has 30 heavy (non-hydrogen) atoms. The summed E-state index contributed by atoms with van der Waals surface area (Å²) in [6, 6.07) is 3.62. The SMILES string of the molecule is CN1CCN(Cc2nc3nc(-c4ccc(N)nc4)nc(N4CCOCC4)c3o2)CC1. The number of morpholine rings is 1. The van der Waals surface area contributed by atoms with Gasteiger partial charge in [0.05, 0.1) is 19.8 Å². The summed E-state index contributed by atoms with van der Waals surface area (Å²) in [6.07, 6.45) is 1.69. The van der Waals surface area contributed by atoms with Gasteiger partial charge in [-0.2, -0.15) is 4.98 Å². The highest BCUT2D eigenvalue weighted by atomic mass is 16.5. The zero-order valence-corrected chi connectivity index (χ0v) is 17.1. The van der Waals surface area contributed by atoms with Crippen molar-refractivity contribution in [1.82, 2.24) is 29.7 Å². The molecule has 10 heteroatoms. The van der Waals surface area contributed by atoms with Crippen LogP contribution in [-0.2, 0) is 11.3 Å². The number of hydrogen-bond acceptors (Lipinski definition) is 10. The van der Waals surface area contributed by atoms with Gasteiger partial charge in [-0.05, 0) is 19.2 Å². The standard InChI is InChI=1S/C20H26N8O2/c1-26-4-6-27(7-5-26)13-16-23-19-17(30-16)20(28-8-10-29-11-9-28)25-18(24-19)14-2-3-15(21)22-12-14/h2-3,12H,4-11,13H2,1H3,(H2,21,22). The highest BCUT2D eigenvalue weighted by Crippen LogP contribution is 2.29. The first-order valence-corrected chi connectivity index (χ1v) is 10.3. The molecule has 0 spiro atoms. The van der Waals surface area contributed by atoms with Crippen molar-refractivity contribution in [2.45, 2.75) is 6.54 Å². The molecule has 0 unspecified atom stereocenters. The van der Waals surface area contributed by atoms with E-state index < -0.39 is 0 Å². The lowest BCUT2D eigenvalue weighted by Crippen LogP contribution is -2.43. The molecule has 2 aliphatic rings. The topological polar surface area (TPSA) is 110 Å². The molecule has 5 rings (SSSR count). The number of likely N-dealkylation sites (N-methyl/N-ethyl adjacent to an activating group) is 1. The van der Waals surface area contributed by atoms with Crippen LogP contribution < -0.4 is 10.6 Å². The van der Waals surface area contributed by atoms with Crippen LogP contribution in [0.2, 0.25) is 0 Å². The summed E-state index contributed by atoms with van der Waals surface area (Å²) < 4.78 is 11.7. The number of piperazine rings is 1. The van der Waals surface area contributed by atoms with Gasteiger partial charge in [0.2, 0.25) is 17.1 Å². The number of aromatic nitrogens is 4. The van der Waals surface area contributed by atoms with E-state index in [2.05, 4.69) is 31.7 Å². The molecule has 10 nitrogen and oxygen atoms in total. The number of nitrogen functional groups attached to an aromatic ring is 1. The van der Waals surface area contributed by atoms with E-state index in [0.717, 1.165) is 50.6 Å². The molecule has 0 amide bonds. The Hall–Kier alpha value is -2.82. The van der Waals surface area contributed by atoms with Crippen molar-refractivity contribution in [2.24, 2.45) is 0 Å². The van der Waals surface area contributed by atoms with Crippen LogP contribution in [0, 0.1) is 0 Å². The zero-order valence-electron chi connectivity index (χ0n) is 17.1. The van der Waals surface area contributed by atoms with Crippen molar-refractivity contribution in [1.29, 1.82) is 0 Å². The quantitative estimate of drug-likeness (QED) is 0.664. The highest BCUT2D eigenvalue weighted by molar-refractivity contribution is 5.83. The first-order chi connectivity index (χ1) is 14.7. The molecule has 2 aliphatic heterocycles. The summed E-state index contributed by atoms with van der Waals surface area (Å²) in [5.41, 5.74) is 7.73. The van der Waals surface area contributed by atoms with Crippen molar-refractivity contribution in [3.8, 4) is 11.4 Å². The summed E-state index contributed by atoms with van der Waals surface area (Å²) in [5, 5.41) is 0. The van der Waals surface area contributed by atoms with Crippen molar-refractivity contribution >= 4 is 22.9 Å². The average Bonchev–Trinajstić information content (AvgIpc) is 3.18. The van der Waals surface area contributed by atoms with Crippen molar-refractivity contribution in [3.05, 3.63) is 24.2 Å². The van der Waals surface area contributed by atoms with Crippen LogP contribution in [0.5, 0.6) is 0 Å². The van der Waals surface area contributed by atoms with Crippen molar-refractivity contribution in [2.75, 3.05) is 70.2 Å². The Bertz CT molecular complexity index is 1010. The maximum atomic E-state index is 6.18.